The molecule has 0 unspecified atom stereocenters. The van der Waals surface area contributed by atoms with Gasteiger partial charge in [-0.15, -0.1) is 10.2 Å². The van der Waals surface area contributed by atoms with Gasteiger partial charge < -0.3 is 10.1 Å². The largest absolute Gasteiger partial charge is 0.385 e. The molecule has 0 fully saturated rings. The molecule has 0 aromatic carbocycles. The van der Waals surface area contributed by atoms with Crippen molar-refractivity contribution in [3.8, 4) is 0 Å². The van der Waals surface area contributed by atoms with Gasteiger partial charge in [0.15, 0.2) is 10.8 Å². The molecule has 1 aromatic heterocycles. The Morgan fingerprint density at radius 2 is 2.17 bits per heavy atom. The average Bonchev–Trinajstić information content (AvgIpc) is 2.35. The van der Waals surface area contributed by atoms with E-state index < -0.39 is 0 Å². The maximum atomic E-state index is 11.8. The van der Waals surface area contributed by atoms with E-state index in [0.29, 0.717) is 13.2 Å². The molecule has 5 nitrogen and oxygen atoms in total. The van der Waals surface area contributed by atoms with Crippen LogP contribution in [0.3, 0.4) is 0 Å². The normalized spacial score (nSPS) is 11.3. The summed E-state index contributed by atoms with van der Waals surface area (Å²) in [5, 5.41) is 10.4. The third-order valence-corrected chi connectivity index (χ3v) is 2.78. The summed E-state index contributed by atoms with van der Waals surface area (Å²) in [5.41, 5.74) is 0.243. The molecule has 1 rings (SSSR count). The molecule has 0 saturated carbocycles. The van der Waals surface area contributed by atoms with Crippen molar-refractivity contribution in [1.82, 2.24) is 15.5 Å². The second-order valence-electron chi connectivity index (χ2n) is 4.83. The number of methoxy groups -OCH3 is 1. The van der Waals surface area contributed by atoms with Gasteiger partial charge in [0.05, 0.1) is 0 Å². The van der Waals surface area contributed by atoms with Crippen LogP contribution >= 0.6 is 11.6 Å². The Balaban J connectivity index is 2.48. The van der Waals surface area contributed by atoms with E-state index in [4.69, 9.17) is 16.3 Å². The Kier molecular flexibility index (Phi) is 5.50. The molecule has 1 N–H and O–H groups in total. The highest BCUT2D eigenvalue weighted by Crippen LogP contribution is 2.18. The lowest BCUT2D eigenvalue weighted by Gasteiger charge is -2.24. The van der Waals surface area contributed by atoms with Crippen LogP contribution < -0.4 is 5.32 Å². The third-order valence-electron chi connectivity index (χ3n) is 2.58. The van der Waals surface area contributed by atoms with Crippen molar-refractivity contribution in [2.24, 2.45) is 5.41 Å². The van der Waals surface area contributed by atoms with Crippen molar-refractivity contribution in [2.45, 2.75) is 20.3 Å². The molecule has 6 heteroatoms. The van der Waals surface area contributed by atoms with E-state index in [-0.39, 0.29) is 22.2 Å². The van der Waals surface area contributed by atoms with Gasteiger partial charge in [-0.05, 0) is 24.0 Å². The standard InChI is InChI=1S/C12H18ClN3O2/c1-12(2,6-7-18-3)8-14-11(17)9-4-5-10(13)16-15-9/h4-5H,6-8H2,1-3H3,(H,14,17). The zero-order chi connectivity index (χ0) is 13.6. The minimum Gasteiger partial charge on any atom is -0.385 e. The zero-order valence-corrected chi connectivity index (χ0v) is 11.6. The quantitative estimate of drug-likeness (QED) is 0.859. The zero-order valence-electron chi connectivity index (χ0n) is 10.9. The van der Waals surface area contributed by atoms with Crippen LogP contribution in [0.5, 0.6) is 0 Å². The van der Waals surface area contributed by atoms with E-state index in [1.54, 1.807) is 19.2 Å². The van der Waals surface area contributed by atoms with E-state index >= 15 is 0 Å². The number of aromatic nitrogens is 2. The van der Waals surface area contributed by atoms with Gasteiger partial charge in [-0.2, -0.15) is 0 Å². The molecule has 0 radical (unpaired) electrons. The van der Waals surface area contributed by atoms with Crippen molar-refractivity contribution in [3.05, 3.63) is 23.0 Å². The van der Waals surface area contributed by atoms with Crippen LogP contribution in [0, 0.1) is 5.41 Å². The summed E-state index contributed by atoms with van der Waals surface area (Å²) in [5.74, 6) is -0.246. The molecule has 0 bridgehead atoms. The summed E-state index contributed by atoms with van der Waals surface area (Å²) in [6.07, 6.45) is 0.871. The van der Waals surface area contributed by atoms with Gasteiger partial charge in [0.1, 0.15) is 0 Å². The predicted octanol–water partition coefficient (Wildman–Crippen LogP) is 1.92. The SMILES string of the molecule is COCCC(C)(C)CNC(=O)c1ccc(Cl)nn1. The van der Waals surface area contributed by atoms with Crippen molar-refractivity contribution in [3.63, 3.8) is 0 Å². The monoisotopic (exact) mass is 271 g/mol. The fraction of sp³-hybridized carbons (Fsp3) is 0.583. The number of carbonyl (C=O) groups is 1. The Labute approximate surface area is 112 Å². The molecule has 100 valence electrons. The maximum absolute atomic E-state index is 11.8. The molecule has 0 aliphatic heterocycles. The lowest BCUT2D eigenvalue weighted by atomic mass is 9.89. The summed E-state index contributed by atoms with van der Waals surface area (Å²) < 4.78 is 5.03. The number of carbonyl (C=O) groups excluding carboxylic acids is 1. The molecule has 1 heterocycles. The molecule has 18 heavy (non-hydrogen) atoms. The van der Waals surface area contributed by atoms with Crippen molar-refractivity contribution >= 4 is 17.5 Å². The highest BCUT2D eigenvalue weighted by molar-refractivity contribution is 6.29. The van der Waals surface area contributed by atoms with Gasteiger partial charge in [-0.1, -0.05) is 25.4 Å². The summed E-state index contributed by atoms with van der Waals surface area (Å²) >= 11 is 5.60. The number of halogens is 1. The van der Waals surface area contributed by atoms with Crippen molar-refractivity contribution < 1.29 is 9.53 Å². The van der Waals surface area contributed by atoms with Gasteiger partial charge in [-0.25, -0.2) is 0 Å². The number of hydrogen-bond donors (Lipinski definition) is 1. The lowest BCUT2D eigenvalue weighted by molar-refractivity contribution is 0.0915. The van der Waals surface area contributed by atoms with Crippen LogP contribution in [0.25, 0.3) is 0 Å². The Morgan fingerprint density at radius 3 is 2.72 bits per heavy atom. The number of hydrogen-bond acceptors (Lipinski definition) is 4. The number of ether oxygens (including phenoxy) is 1. The topological polar surface area (TPSA) is 64.1 Å². The van der Waals surface area contributed by atoms with E-state index in [9.17, 15) is 4.79 Å². The minimum atomic E-state index is -0.246. The molecule has 1 aromatic rings. The Hall–Kier alpha value is -1.20. The predicted molar refractivity (Wildman–Crippen MR) is 69.6 cm³/mol. The van der Waals surface area contributed by atoms with Crippen LogP contribution in [0.4, 0.5) is 0 Å². The van der Waals surface area contributed by atoms with E-state index in [1.807, 2.05) is 0 Å². The van der Waals surface area contributed by atoms with Crippen LogP contribution in [0.1, 0.15) is 30.8 Å². The first-order valence-electron chi connectivity index (χ1n) is 5.71. The number of nitrogens with one attached hydrogen (secondary N) is 1. The molecule has 0 aliphatic carbocycles. The molecule has 0 atom stereocenters. The molecular formula is C12H18ClN3O2. The summed E-state index contributed by atoms with van der Waals surface area (Å²) in [6, 6.07) is 3.09. The minimum absolute atomic E-state index is 0.0223. The fourth-order valence-electron chi connectivity index (χ4n) is 1.31. The van der Waals surface area contributed by atoms with E-state index in [1.165, 1.54) is 0 Å². The van der Waals surface area contributed by atoms with Crippen LogP contribution in [-0.4, -0.2) is 36.4 Å². The third kappa shape index (κ3) is 4.98. The van der Waals surface area contributed by atoms with Crippen molar-refractivity contribution in [2.75, 3.05) is 20.3 Å². The average molecular weight is 272 g/mol. The molecule has 1 amide bonds. The molecule has 0 spiro atoms. The Bertz CT molecular complexity index is 393. The second kappa shape index (κ2) is 6.66. The van der Waals surface area contributed by atoms with Crippen LogP contribution in [-0.2, 0) is 4.74 Å². The first kappa shape index (κ1) is 14.9. The first-order valence-corrected chi connectivity index (χ1v) is 6.09. The highest BCUT2D eigenvalue weighted by atomic mass is 35.5. The molecular weight excluding hydrogens is 254 g/mol. The summed E-state index contributed by atoms with van der Waals surface area (Å²) in [4.78, 5) is 11.8. The smallest absolute Gasteiger partial charge is 0.271 e. The van der Waals surface area contributed by atoms with Gasteiger partial charge in [0.25, 0.3) is 5.91 Å². The highest BCUT2D eigenvalue weighted by Gasteiger charge is 2.19. The molecule has 0 aliphatic rings. The lowest BCUT2D eigenvalue weighted by Crippen LogP contribution is -2.35. The number of rotatable bonds is 6. The van der Waals surface area contributed by atoms with Crippen LogP contribution in [0.2, 0.25) is 5.15 Å². The van der Waals surface area contributed by atoms with Gasteiger partial charge in [-0.3, -0.25) is 4.79 Å². The number of nitrogens with zero attached hydrogens (tertiary/aromatic N) is 2. The van der Waals surface area contributed by atoms with Gasteiger partial charge in [0.2, 0.25) is 0 Å². The fourth-order valence-corrected chi connectivity index (χ4v) is 1.41. The van der Waals surface area contributed by atoms with E-state index in [0.717, 1.165) is 6.42 Å². The van der Waals surface area contributed by atoms with Crippen molar-refractivity contribution in [1.29, 1.82) is 0 Å². The van der Waals surface area contributed by atoms with Gasteiger partial charge >= 0.3 is 0 Å². The first-order chi connectivity index (χ1) is 8.44. The maximum Gasteiger partial charge on any atom is 0.271 e. The number of amides is 1. The summed E-state index contributed by atoms with van der Waals surface area (Å²) in [6.45, 7) is 5.36. The Morgan fingerprint density at radius 1 is 1.44 bits per heavy atom. The second-order valence-corrected chi connectivity index (χ2v) is 5.22. The molecule has 0 saturated heterocycles. The van der Waals surface area contributed by atoms with Crippen LogP contribution in [0.15, 0.2) is 12.1 Å². The van der Waals surface area contributed by atoms with E-state index in [2.05, 4.69) is 29.4 Å². The van der Waals surface area contributed by atoms with Gasteiger partial charge in [0, 0.05) is 20.3 Å². The summed E-state index contributed by atoms with van der Waals surface area (Å²) in [7, 11) is 1.66.